The monoisotopic (exact) mass is 268 g/mol. The van der Waals surface area contributed by atoms with Crippen molar-refractivity contribution in [2.24, 2.45) is 22.2 Å². The summed E-state index contributed by atoms with van der Waals surface area (Å²) >= 11 is 1.94. The molecule has 0 spiro atoms. The minimum atomic E-state index is 0.358. The summed E-state index contributed by atoms with van der Waals surface area (Å²) in [5.41, 5.74) is 0.358. The Morgan fingerprint density at radius 3 is 2.78 bits per heavy atom. The van der Waals surface area contributed by atoms with Gasteiger partial charge in [-0.25, -0.2) is 0 Å². The molecule has 1 aliphatic carbocycles. The number of thioether (sulfide) groups is 1. The Labute approximate surface area is 116 Å². The van der Waals surface area contributed by atoms with Crippen molar-refractivity contribution < 1.29 is 0 Å². The van der Waals surface area contributed by atoms with E-state index in [-0.39, 0.29) is 0 Å². The van der Waals surface area contributed by atoms with Crippen LogP contribution in [0.2, 0.25) is 0 Å². The van der Waals surface area contributed by atoms with Crippen LogP contribution in [-0.4, -0.2) is 23.5 Å². The zero-order valence-corrected chi connectivity index (χ0v) is 13.1. The molecule has 1 heterocycles. The van der Waals surface area contributed by atoms with Crippen LogP contribution in [0, 0.1) is 17.3 Å². The summed E-state index contributed by atoms with van der Waals surface area (Å²) in [6, 6.07) is 0.712. The molecule has 3 atom stereocenters. The maximum atomic E-state index is 4.81. The van der Waals surface area contributed by atoms with Crippen molar-refractivity contribution in [1.29, 1.82) is 0 Å². The number of nitrogens with one attached hydrogen (secondary N) is 1. The van der Waals surface area contributed by atoms with E-state index in [2.05, 4.69) is 33.0 Å². The van der Waals surface area contributed by atoms with Crippen LogP contribution in [0.25, 0.3) is 0 Å². The molecule has 3 unspecified atom stereocenters. The fourth-order valence-electron chi connectivity index (χ4n) is 2.57. The Hall–Kier alpha value is -0.180. The van der Waals surface area contributed by atoms with Crippen molar-refractivity contribution in [1.82, 2.24) is 5.32 Å². The summed E-state index contributed by atoms with van der Waals surface area (Å²) in [4.78, 5) is 4.81. The molecule has 1 aliphatic heterocycles. The molecule has 3 heteroatoms. The molecule has 1 saturated heterocycles. The first-order valence-corrected chi connectivity index (χ1v) is 8.39. The van der Waals surface area contributed by atoms with Crippen LogP contribution >= 0.6 is 11.8 Å². The first-order valence-electron chi connectivity index (χ1n) is 7.40. The van der Waals surface area contributed by atoms with Crippen molar-refractivity contribution in [3.63, 3.8) is 0 Å². The summed E-state index contributed by atoms with van der Waals surface area (Å²) in [7, 11) is 0. The minimum Gasteiger partial charge on any atom is -0.362 e. The highest BCUT2D eigenvalue weighted by atomic mass is 32.2. The summed E-state index contributed by atoms with van der Waals surface area (Å²) in [6.07, 6.45) is 5.58. The van der Waals surface area contributed by atoms with Gasteiger partial charge in [0, 0.05) is 18.3 Å². The highest BCUT2D eigenvalue weighted by molar-refractivity contribution is 8.13. The molecule has 0 bridgehead atoms. The molecular formula is C15H28N2S. The van der Waals surface area contributed by atoms with Gasteiger partial charge >= 0.3 is 0 Å². The van der Waals surface area contributed by atoms with Crippen molar-refractivity contribution in [2.45, 2.75) is 59.4 Å². The molecule has 0 aromatic heterocycles. The Kier molecular flexibility index (Phi) is 4.63. The first kappa shape index (κ1) is 14.2. The average molecular weight is 268 g/mol. The van der Waals surface area contributed by atoms with E-state index in [1.807, 2.05) is 11.8 Å². The van der Waals surface area contributed by atoms with E-state index >= 15 is 0 Å². The second-order valence-electron chi connectivity index (χ2n) is 7.02. The zero-order chi connectivity index (χ0) is 13.2. The average Bonchev–Trinajstić information content (AvgIpc) is 2.34. The molecule has 104 valence electrons. The van der Waals surface area contributed by atoms with E-state index < -0.39 is 0 Å². The Morgan fingerprint density at radius 1 is 1.33 bits per heavy atom. The normalized spacial score (nSPS) is 32.8. The number of amidine groups is 1. The quantitative estimate of drug-likeness (QED) is 0.821. The van der Waals surface area contributed by atoms with Gasteiger partial charge in [0.2, 0.25) is 0 Å². The summed E-state index contributed by atoms with van der Waals surface area (Å²) in [6.45, 7) is 10.2. The minimum absolute atomic E-state index is 0.358. The lowest BCUT2D eigenvalue weighted by Gasteiger charge is -2.37. The zero-order valence-electron chi connectivity index (χ0n) is 12.3. The lowest BCUT2D eigenvalue weighted by Crippen LogP contribution is -2.46. The molecule has 0 radical (unpaired) electrons. The van der Waals surface area contributed by atoms with E-state index in [0.29, 0.717) is 17.4 Å². The van der Waals surface area contributed by atoms with Crippen molar-refractivity contribution >= 4 is 16.9 Å². The fraction of sp³-hybridized carbons (Fsp3) is 0.933. The van der Waals surface area contributed by atoms with Crippen molar-refractivity contribution in [3.05, 3.63) is 0 Å². The molecule has 18 heavy (non-hydrogen) atoms. The van der Waals surface area contributed by atoms with E-state index in [9.17, 15) is 0 Å². The fourth-order valence-corrected chi connectivity index (χ4v) is 3.74. The molecule has 2 fully saturated rings. The standard InChI is InChI=1S/C15H28N2S/c1-11(15(2,3)4)9-16-14-17-13-8-6-5-7-12(13)10-18-14/h11-13H,5-10H2,1-4H3,(H,16,17). The lowest BCUT2D eigenvalue weighted by atomic mass is 9.82. The van der Waals surface area contributed by atoms with Crippen LogP contribution in [0.3, 0.4) is 0 Å². The van der Waals surface area contributed by atoms with Crippen LogP contribution < -0.4 is 5.32 Å². The maximum absolute atomic E-state index is 4.81. The lowest BCUT2D eigenvalue weighted by molar-refractivity contribution is 0.269. The molecule has 1 saturated carbocycles. The van der Waals surface area contributed by atoms with Gasteiger partial charge in [0.05, 0.1) is 0 Å². The predicted molar refractivity (Wildman–Crippen MR) is 82.3 cm³/mol. The molecule has 0 aromatic rings. The Bertz CT molecular complexity index is 306. The van der Waals surface area contributed by atoms with Gasteiger partial charge in [-0.3, -0.25) is 4.99 Å². The summed E-state index contributed by atoms with van der Waals surface area (Å²) in [5, 5.41) is 4.88. The summed E-state index contributed by atoms with van der Waals surface area (Å²) < 4.78 is 0. The van der Waals surface area contributed by atoms with Crippen LogP contribution in [0.5, 0.6) is 0 Å². The van der Waals surface area contributed by atoms with Crippen LogP contribution in [0.15, 0.2) is 4.99 Å². The van der Waals surface area contributed by atoms with Crippen molar-refractivity contribution in [3.8, 4) is 0 Å². The third-order valence-electron chi connectivity index (χ3n) is 4.64. The second kappa shape index (κ2) is 5.85. The summed E-state index contributed by atoms with van der Waals surface area (Å²) in [5.74, 6) is 2.81. The van der Waals surface area contributed by atoms with Gasteiger partial charge in [-0.05, 0) is 30.1 Å². The number of rotatable bonds is 2. The molecule has 2 nitrogen and oxygen atoms in total. The second-order valence-corrected chi connectivity index (χ2v) is 8.03. The van der Waals surface area contributed by atoms with Gasteiger partial charge in [-0.2, -0.15) is 0 Å². The van der Waals surface area contributed by atoms with E-state index in [1.54, 1.807) is 0 Å². The SMILES string of the molecule is CC(CN=C1NC2CCCCC2CS1)C(C)(C)C. The van der Waals surface area contributed by atoms with Gasteiger partial charge in [0.15, 0.2) is 5.17 Å². The van der Waals surface area contributed by atoms with Crippen molar-refractivity contribution in [2.75, 3.05) is 12.3 Å². The topological polar surface area (TPSA) is 24.4 Å². The molecule has 2 rings (SSSR count). The largest absolute Gasteiger partial charge is 0.362 e. The predicted octanol–water partition coefficient (Wildman–Crippen LogP) is 3.92. The van der Waals surface area contributed by atoms with Gasteiger partial charge in [0.1, 0.15) is 0 Å². The Balaban J connectivity index is 1.86. The van der Waals surface area contributed by atoms with Gasteiger partial charge in [-0.1, -0.05) is 52.3 Å². The first-order chi connectivity index (χ1) is 8.47. The van der Waals surface area contributed by atoms with Gasteiger partial charge in [0.25, 0.3) is 0 Å². The number of fused-ring (bicyclic) bond motifs is 1. The highest BCUT2D eigenvalue weighted by Crippen LogP contribution is 2.32. The van der Waals surface area contributed by atoms with Crippen LogP contribution in [0.1, 0.15) is 53.4 Å². The number of nitrogens with zero attached hydrogens (tertiary/aromatic N) is 1. The number of hydrogen-bond acceptors (Lipinski definition) is 2. The van der Waals surface area contributed by atoms with Crippen LogP contribution in [0.4, 0.5) is 0 Å². The molecular weight excluding hydrogens is 240 g/mol. The van der Waals surface area contributed by atoms with E-state index in [0.717, 1.165) is 12.5 Å². The molecule has 0 amide bonds. The molecule has 0 aromatic carbocycles. The van der Waals surface area contributed by atoms with Gasteiger partial charge in [-0.15, -0.1) is 0 Å². The van der Waals surface area contributed by atoms with Gasteiger partial charge < -0.3 is 5.32 Å². The highest BCUT2D eigenvalue weighted by Gasteiger charge is 2.30. The van der Waals surface area contributed by atoms with E-state index in [1.165, 1.54) is 36.6 Å². The molecule has 1 N–H and O–H groups in total. The number of aliphatic imine (C=N–C) groups is 1. The Morgan fingerprint density at radius 2 is 2.06 bits per heavy atom. The number of hydrogen-bond donors (Lipinski definition) is 1. The third-order valence-corrected chi connectivity index (χ3v) is 5.75. The smallest absolute Gasteiger partial charge is 0.156 e. The van der Waals surface area contributed by atoms with E-state index in [4.69, 9.17) is 4.99 Å². The molecule has 2 aliphatic rings. The van der Waals surface area contributed by atoms with Crippen LogP contribution in [-0.2, 0) is 0 Å². The third kappa shape index (κ3) is 3.66. The maximum Gasteiger partial charge on any atom is 0.156 e.